The van der Waals surface area contributed by atoms with Crippen molar-refractivity contribution in [3.05, 3.63) is 49.3 Å². The summed E-state index contributed by atoms with van der Waals surface area (Å²) in [4.78, 5) is 31.4. The fourth-order valence-corrected chi connectivity index (χ4v) is 4.78. The van der Waals surface area contributed by atoms with Crippen LogP contribution < -0.4 is 16.2 Å². The van der Waals surface area contributed by atoms with Crippen molar-refractivity contribution in [1.29, 1.82) is 0 Å². The maximum absolute atomic E-state index is 12.9. The van der Waals surface area contributed by atoms with E-state index >= 15 is 0 Å². The molecular formula is C21H32Cl2N4O2S. The van der Waals surface area contributed by atoms with Crippen molar-refractivity contribution < 1.29 is 4.79 Å². The Hall–Kier alpha value is -1.41. The van der Waals surface area contributed by atoms with Gasteiger partial charge >= 0.3 is 0 Å². The number of carbonyl (C=O) groups is 1. The number of rotatable bonds is 7. The van der Waals surface area contributed by atoms with Gasteiger partial charge in [-0.3, -0.25) is 9.59 Å². The van der Waals surface area contributed by atoms with Crippen molar-refractivity contribution >= 4 is 42.1 Å². The Labute approximate surface area is 194 Å². The van der Waals surface area contributed by atoms with E-state index in [4.69, 9.17) is 0 Å². The van der Waals surface area contributed by atoms with Crippen LogP contribution in [0.4, 0.5) is 0 Å². The minimum absolute atomic E-state index is 0. The molecule has 1 amide bonds. The molecule has 30 heavy (non-hydrogen) atoms. The number of hydrogen-bond acceptors (Lipinski definition) is 5. The second kappa shape index (κ2) is 12.4. The van der Waals surface area contributed by atoms with Gasteiger partial charge in [-0.05, 0) is 70.2 Å². The molecule has 2 N–H and O–H groups in total. The summed E-state index contributed by atoms with van der Waals surface area (Å²) in [6.07, 6.45) is 6.07. The third-order valence-electron chi connectivity index (χ3n) is 5.26. The highest BCUT2D eigenvalue weighted by Crippen LogP contribution is 2.19. The molecule has 2 aromatic rings. The molecule has 1 fully saturated rings. The average Bonchev–Trinajstić information content (AvgIpc) is 3.03. The third-order valence-corrected chi connectivity index (χ3v) is 6.48. The number of thiazole rings is 1. The highest BCUT2D eigenvalue weighted by molar-refractivity contribution is 7.11. The van der Waals surface area contributed by atoms with Gasteiger partial charge in [0, 0.05) is 17.6 Å². The number of amides is 1. The smallest absolute Gasteiger partial charge is 0.263 e. The van der Waals surface area contributed by atoms with Crippen LogP contribution in [0.2, 0.25) is 0 Å². The minimum Gasteiger partial charge on any atom is -0.347 e. The van der Waals surface area contributed by atoms with Crippen molar-refractivity contribution in [3.63, 3.8) is 0 Å². The lowest BCUT2D eigenvalue weighted by Gasteiger charge is -2.23. The Kier molecular flexibility index (Phi) is 11.0. The van der Waals surface area contributed by atoms with Gasteiger partial charge in [-0.25, -0.2) is 4.98 Å². The van der Waals surface area contributed by atoms with Crippen LogP contribution in [0.5, 0.6) is 0 Å². The highest BCUT2D eigenvalue weighted by atomic mass is 35.5. The molecule has 0 bridgehead atoms. The van der Waals surface area contributed by atoms with Gasteiger partial charge in [0.05, 0.1) is 17.2 Å². The minimum atomic E-state index is -0.302. The lowest BCUT2D eigenvalue weighted by atomic mass is 9.99. The number of piperidine rings is 1. The van der Waals surface area contributed by atoms with E-state index in [2.05, 4.69) is 22.5 Å². The summed E-state index contributed by atoms with van der Waals surface area (Å²) in [7, 11) is 0. The second-order valence-corrected chi connectivity index (χ2v) is 8.76. The van der Waals surface area contributed by atoms with Gasteiger partial charge in [-0.2, -0.15) is 0 Å². The van der Waals surface area contributed by atoms with Crippen LogP contribution in [0.25, 0.3) is 0 Å². The van der Waals surface area contributed by atoms with Gasteiger partial charge in [-0.15, -0.1) is 36.2 Å². The molecule has 1 atom stereocenters. The van der Waals surface area contributed by atoms with Gasteiger partial charge in [0.2, 0.25) is 0 Å². The summed E-state index contributed by atoms with van der Waals surface area (Å²) in [5, 5.41) is 7.41. The summed E-state index contributed by atoms with van der Waals surface area (Å²) in [5.74, 6) is 0.130. The normalized spacial score (nSPS) is 15.8. The first-order valence-electron chi connectivity index (χ1n) is 10.1. The number of pyridine rings is 1. The lowest BCUT2D eigenvalue weighted by Crippen LogP contribution is -2.37. The molecule has 1 saturated heterocycles. The Bertz CT molecular complexity index is 892. The Morgan fingerprint density at radius 1 is 1.37 bits per heavy atom. The van der Waals surface area contributed by atoms with Crippen LogP contribution >= 0.6 is 36.2 Å². The molecule has 6 nitrogen and oxygen atoms in total. The first-order valence-corrected chi connectivity index (χ1v) is 10.9. The second-order valence-electron chi connectivity index (χ2n) is 7.59. The number of nitrogens with one attached hydrogen (secondary N) is 2. The Balaban J connectivity index is 0.00000225. The summed E-state index contributed by atoms with van der Waals surface area (Å²) in [6, 6.07) is 1.86. The van der Waals surface area contributed by atoms with Crippen LogP contribution in [0.1, 0.15) is 57.7 Å². The van der Waals surface area contributed by atoms with E-state index in [1.807, 2.05) is 26.1 Å². The molecule has 0 saturated carbocycles. The molecule has 1 unspecified atom stereocenters. The first kappa shape index (κ1) is 26.6. The highest BCUT2D eigenvalue weighted by Gasteiger charge is 2.19. The Morgan fingerprint density at radius 2 is 2.13 bits per heavy atom. The van der Waals surface area contributed by atoms with E-state index in [1.54, 1.807) is 15.9 Å². The number of halogens is 2. The van der Waals surface area contributed by atoms with Crippen molar-refractivity contribution in [3.8, 4) is 0 Å². The first-order chi connectivity index (χ1) is 13.5. The molecule has 0 aromatic carbocycles. The van der Waals surface area contributed by atoms with E-state index in [0.29, 0.717) is 24.6 Å². The van der Waals surface area contributed by atoms with Gasteiger partial charge in [0.15, 0.2) is 0 Å². The zero-order chi connectivity index (χ0) is 20.1. The van der Waals surface area contributed by atoms with Crippen LogP contribution in [0.15, 0.2) is 17.1 Å². The number of carbonyl (C=O) groups excluding carboxylic acids is 1. The van der Waals surface area contributed by atoms with Crippen molar-refractivity contribution in [2.24, 2.45) is 5.92 Å². The van der Waals surface area contributed by atoms with E-state index in [-0.39, 0.29) is 41.8 Å². The van der Waals surface area contributed by atoms with Crippen LogP contribution in [0, 0.1) is 19.8 Å². The Morgan fingerprint density at radius 3 is 2.80 bits per heavy atom. The summed E-state index contributed by atoms with van der Waals surface area (Å²) < 4.78 is 1.69. The van der Waals surface area contributed by atoms with Crippen molar-refractivity contribution in [1.82, 2.24) is 20.2 Å². The number of aryl methyl sites for hydroxylation is 3. The van der Waals surface area contributed by atoms with Gasteiger partial charge in [0.25, 0.3) is 11.5 Å². The van der Waals surface area contributed by atoms with Crippen molar-refractivity contribution in [2.75, 3.05) is 13.1 Å². The summed E-state index contributed by atoms with van der Waals surface area (Å²) in [5.41, 5.74) is 1.73. The fraction of sp³-hybridized carbons (Fsp3) is 0.571. The quantitative estimate of drug-likeness (QED) is 0.641. The topological polar surface area (TPSA) is 76.0 Å². The third kappa shape index (κ3) is 6.54. The number of hydrogen-bond donors (Lipinski definition) is 2. The maximum atomic E-state index is 12.9. The SMILES string of the molecule is CCCc1nc(C)c(CNC(=O)c2c(C)ccn(CC3CCCNC3)c2=O)s1.Cl.Cl. The van der Waals surface area contributed by atoms with E-state index in [1.165, 1.54) is 0 Å². The lowest BCUT2D eigenvalue weighted by molar-refractivity contribution is 0.0948. The van der Waals surface area contributed by atoms with Gasteiger partial charge < -0.3 is 15.2 Å². The largest absolute Gasteiger partial charge is 0.347 e. The molecule has 0 aliphatic carbocycles. The average molecular weight is 475 g/mol. The molecule has 0 spiro atoms. The van der Waals surface area contributed by atoms with E-state index in [9.17, 15) is 9.59 Å². The molecule has 3 rings (SSSR count). The molecular weight excluding hydrogens is 443 g/mol. The fourth-order valence-electron chi connectivity index (χ4n) is 3.67. The standard InChI is InChI=1S/C21H30N4O2S.2ClH/c1-4-6-18-24-15(3)17(28-18)12-23-20(26)19-14(2)8-10-25(21(19)27)13-16-7-5-9-22-11-16;;/h8,10,16,22H,4-7,9,11-13H2,1-3H3,(H,23,26);2*1H. The maximum Gasteiger partial charge on any atom is 0.263 e. The summed E-state index contributed by atoms with van der Waals surface area (Å²) in [6.45, 7) is 8.95. The van der Waals surface area contributed by atoms with E-state index < -0.39 is 0 Å². The predicted octanol–water partition coefficient (Wildman–Crippen LogP) is 3.65. The molecule has 0 radical (unpaired) electrons. The van der Waals surface area contributed by atoms with Gasteiger partial charge in [0.1, 0.15) is 5.56 Å². The van der Waals surface area contributed by atoms with E-state index in [0.717, 1.165) is 54.4 Å². The van der Waals surface area contributed by atoms with Crippen molar-refractivity contribution in [2.45, 2.75) is 59.5 Å². The van der Waals surface area contributed by atoms with Gasteiger partial charge in [-0.1, -0.05) is 6.92 Å². The number of nitrogens with zero attached hydrogens (tertiary/aromatic N) is 2. The molecule has 9 heteroatoms. The zero-order valence-electron chi connectivity index (χ0n) is 17.8. The molecule has 1 aliphatic rings. The number of aromatic nitrogens is 2. The predicted molar refractivity (Wildman–Crippen MR) is 128 cm³/mol. The van der Waals surface area contributed by atoms with Crippen LogP contribution in [-0.2, 0) is 19.5 Å². The molecule has 2 aromatic heterocycles. The molecule has 168 valence electrons. The van der Waals surface area contributed by atoms with Crippen LogP contribution in [-0.4, -0.2) is 28.5 Å². The molecule has 3 heterocycles. The molecule has 1 aliphatic heterocycles. The van der Waals surface area contributed by atoms with Crippen LogP contribution in [0.3, 0.4) is 0 Å². The summed E-state index contributed by atoms with van der Waals surface area (Å²) >= 11 is 1.64. The monoisotopic (exact) mass is 474 g/mol. The zero-order valence-corrected chi connectivity index (χ0v) is 20.3.